The molecule has 2 unspecified atom stereocenters. The molecule has 160 valence electrons. The van der Waals surface area contributed by atoms with Gasteiger partial charge >= 0.3 is 0 Å². The van der Waals surface area contributed by atoms with Gasteiger partial charge in [0, 0.05) is 22.7 Å². The maximum absolute atomic E-state index is 12.7. The number of amides is 2. The number of hydroxylamine groups is 1. The van der Waals surface area contributed by atoms with Crippen molar-refractivity contribution in [2.24, 2.45) is 5.92 Å². The van der Waals surface area contributed by atoms with Gasteiger partial charge in [-0.1, -0.05) is 36.8 Å². The fraction of sp³-hybridized carbons (Fsp3) is 0.320. The lowest BCUT2D eigenvalue weighted by atomic mass is 9.98. The van der Waals surface area contributed by atoms with Crippen LogP contribution in [0.3, 0.4) is 0 Å². The normalized spacial score (nSPS) is 18.2. The molecule has 3 N–H and O–H groups in total. The van der Waals surface area contributed by atoms with Crippen molar-refractivity contribution in [2.45, 2.75) is 45.6 Å². The number of aryl methyl sites for hydroxylation is 2. The number of pyridine rings is 1. The fourth-order valence-corrected chi connectivity index (χ4v) is 4.53. The van der Waals surface area contributed by atoms with Gasteiger partial charge in [0.1, 0.15) is 0 Å². The molecule has 6 heteroatoms. The third-order valence-electron chi connectivity index (χ3n) is 6.15. The lowest BCUT2D eigenvalue weighted by Gasteiger charge is -2.19. The molecular weight excluding hydrogens is 390 g/mol. The Bertz CT molecular complexity index is 1120. The molecule has 2 amide bonds. The van der Waals surface area contributed by atoms with E-state index in [-0.39, 0.29) is 17.9 Å². The average molecular weight is 418 g/mol. The third-order valence-corrected chi connectivity index (χ3v) is 6.15. The van der Waals surface area contributed by atoms with Gasteiger partial charge in [-0.15, -0.1) is 0 Å². The van der Waals surface area contributed by atoms with Crippen LogP contribution in [0.5, 0.6) is 0 Å². The van der Waals surface area contributed by atoms with E-state index in [0.29, 0.717) is 12.0 Å². The average Bonchev–Trinajstić information content (AvgIpc) is 3.22. The molecule has 31 heavy (non-hydrogen) atoms. The largest absolute Gasteiger partial charge is 0.349 e. The highest BCUT2D eigenvalue weighted by Crippen LogP contribution is 2.27. The Morgan fingerprint density at radius 1 is 1.10 bits per heavy atom. The van der Waals surface area contributed by atoms with E-state index in [1.54, 1.807) is 5.48 Å². The Morgan fingerprint density at radius 3 is 2.61 bits per heavy atom. The third kappa shape index (κ3) is 4.44. The SMILES string of the molecule is Cc1cc(Cc2ccc(C(=O)NC3CCCC3C(=O)NO)cc2)c2cccc(C)c2n1. The monoisotopic (exact) mass is 417 g/mol. The van der Waals surface area contributed by atoms with E-state index in [9.17, 15) is 9.59 Å². The van der Waals surface area contributed by atoms with Crippen LogP contribution in [0.4, 0.5) is 0 Å². The number of rotatable bonds is 5. The maximum atomic E-state index is 12.7. The van der Waals surface area contributed by atoms with Gasteiger partial charge in [-0.05, 0) is 68.0 Å². The summed E-state index contributed by atoms with van der Waals surface area (Å²) in [6.45, 7) is 4.08. The quantitative estimate of drug-likeness (QED) is 0.434. The Hall–Kier alpha value is -3.25. The molecule has 0 bridgehead atoms. The van der Waals surface area contributed by atoms with Crippen molar-refractivity contribution in [3.63, 3.8) is 0 Å². The summed E-state index contributed by atoms with van der Waals surface area (Å²) < 4.78 is 0. The van der Waals surface area contributed by atoms with E-state index in [0.717, 1.165) is 47.0 Å². The van der Waals surface area contributed by atoms with Crippen molar-refractivity contribution in [3.05, 3.63) is 76.5 Å². The van der Waals surface area contributed by atoms with Crippen molar-refractivity contribution < 1.29 is 14.8 Å². The Kier molecular flexibility index (Phi) is 6.00. The van der Waals surface area contributed by atoms with Crippen molar-refractivity contribution in [2.75, 3.05) is 0 Å². The van der Waals surface area contributed by atoms with E-state index < -0.39 is 5.91 Å². The van der Waals surface area contributed by atoms with Gasteiger partial charge < -0.3 is 5.32 Å². The molecule has 0 radical (unpaired) electrons. The van der Waals surface area contributed by atoms with Crippen LogP contribution in [0.1, 0.15) is 52.0 Å². The van der Waals surface area contributed by atoms with Crippen molar-refractivity contribution in [1.29, 1.82) is 0 Å². The van der Waals surface area contributed by atoms with Gasteiger partial charge in [-0.25, -0.2) is 5.48 Å². The topological polar surface area (TPSA) is 91.3 Å². The smallest absolute Gasteiger partial charge is 0.251 e. The number of carbonyl (C=O) groups is 2. The highest BCUT2D eigenvalue weighted by atomic mass is 16.5. The first-order chi connectivity index (χ1) is 15.0. The molecule has 6 nitrogen and oxygen atoms in total. The fourth-order valence-electron chi connectivity index (χ4n) is 4.53. The number of hydrogen-bond acceptors (Lipinski definition) is 4. The van der Waals surface area contributed by atoms with Gasteiger partial charge in [0.2, 0.25) is 5.91 Å². The van der Waals surface area contributed by atoms with Crippen LogP contribution in [-0.2, 0) is 11.2 Å². The van der Waals surface area contributed by atoms with E-state index >= 15 is 0 Å². The molecule has 0 aliphatic heterocycles. The second-order valence-corrected chi connectivity index (χ2v) is 8.36. The number of aromatic nitrogens is 1. The number of nitrogens with zero attached hydrogens (tertiary/aromatic N) is 1. The van der Waals surface area contributed by atoms with E-state index in [1.807, 2.05) is 31.2 Å². The molecule has 0 spiro atoms. The predicted molar refractivity (Wildman–Crippen MR) is 119 cm³/mol. The van der Waals surface area contributed by atoms with Crippen LogP contribution in [0.15, 0.2) is 48.5 Å². The van der Waals surface area contributed by atoms with Crippen LogP contribution in [0.2, 0.25) is 0 Å². The molecule has 1 saturated carbocycles. The van der Waals surface area contributed by atoms with Crippen LogP contribution >= 0.6 is 0 Å². The zero-order valence-corrected chi connectivity index (χ0v) is 17.8. The second kappa shape index (κ2) is 8.86. The summed E-state index contributed by atoms with van der Waals surface area (Å²) in [6, 6.07) is 15.7. The highest BCUT2D eigenvalue weighted by molar-refractivity contribution is 5.95. The van der Waals surface area contributed by atoms with Gasteiger partial charge in [0.25, 0.3) is 5.91 Å². The Balaban J connectivity index is 1.49. The van der Waals surface area contributed by atoms with Gasteiger partial charge in [-0.2, -0.15) is 0 Å². The molecule has 1 aliphatic carbocycles. The van der Waals surface area contributed by atoms with Crippen LogP contribution in [0.25, 0.3) is 10.9 Å². The summed E-state index contributed by atoms with van der Waals surface area (Å²) in [4.78, 5) is 29.1. The first-order valence-corrected chi connectivity index (χ1v) is 10.7. The second-order valence-electron chi connectivity index (χ2n) is 8.36. The molecule has 3 aromatic rings. The predicted octanol–water partition coefficient (Wildman–Crippen LogP) is 3.85. The zero-order valence-electron chi connectivity index (χ0n) is 17.8. The zero-order chi connectivity index (χ0) is 22.0. The number of benzene rings is 2. The summed E-state index contributed by atoms with van der Waals surface area (Å²) in [5.74, 6) is -1.02. The first kappa shape index (κ1) is 21.0. The molecular formula is C25H27N3O3. The number of carbonyl (C=O) groups excluding carboxylic acids is 2. The summed E-state index contributed by atoms with van der Waals surface area (Å²) >= 11 is 0. The summed E-state index contributed by atoms with van der Waals surface area (Å²) in [6.07, 6.45) is 3.00. The van der Waals surface area contributed by atoms with Crippen LogP contribution in [0, 0.1) is 19.8 Å². The molecule has 1 aliphatic rings. The van der Waals surface area contributed by atoms with Crippen LogP contribution < -0.4 is 10.8 Å². The molecule has 1 fully saturated rings. The number of fused-ring (bicyclic) bond motifs is 1. The molecule has 2 atom stereocenters. The highest BCUT2D eigenvalue weighted by Gasteiger charge is 2.34. The van der Waals surface area contributed by atoms with Gasteiger partial charge in [-0.3, -0.25) is 19.8 Å². The van der Waals surface area contributed by atoms with Crippen molar-refractivity contribution in [1.82, 2.24) is 15.8 Å². The summed E-state index contributed by atoms with van der Waals surface area (Å²) in [5, 5.41) is 13.0. The minimum absolute atomic E-state index is 0.199. The number of hydrogen-bond donors (Lipinski definition) is 3. The van der Waals surface area contributed by atoms with Crippen molar-refractivity contribution in [3.8, 4) is 0 Å². The van der Waals surface area contributed by atoms with E-state index in [2.05, 4.69) is 36.5 Å². The Labute approximate surface area is 181 Å². The lowest BCUT2D eigenvalue weighted by Crippen LogP contribution is -2.43. The molecule has 2 aromatic carbocycles. The van der Waals surface area contributed by atoms with Gasteiger partial charge in [0.05, 0.1) is 11.4 Å². The minimum atomic E-state index is -0.437. The number of para-hydroxylation sites is 1. The Morgan fingerprint density at radius 2 is 1.87 bits per heavy atom. The summed E-state index contributed by atoms with van der Waals surface area (Å²) in [5.41, 5.74) is 7.78. The molecule has 1 aromatic heterocycles. The molecule has 0 saturated heterocycles. The minimum Gasteiger partial charge on any atom is -0.349 e. The van der Waals surface area contributed by atoms with Gasteiger partial charge in [0.15, 0.2) is 0 Å². The van der Waals surface area contributed by atoms with Crippen molar-refractivity contribution >= 4 is 22.7 Å². The first-order valence-electron chi connectivity index (χ1n) is 10.7. The summed E-state index contributed by atoms with van der Waals surface area (Å²) in [7, 11) is 0. The van der Waals surface area contributed by atoms with Crippen LogP contribution in [-0.4, -0.2) is 28.0 Å². The maximum Gasteiger partial charge on any atom is 0.251 e. The molecule has 4 rings (SSSR count). The lowest BCUT2D eigenvalue weighted by molar-refractivity contribution is -0.133. The molecule has 1 heterocycles. The van der Waals surface area contributed by atoms with E-state index in [1.165, 1.54) is 5.56 Å². The van der Waals surface area contributed by atoms with E-state index in [4.69, 9.17) is 10.2 Å². The number of nitrogens with one attached hydrogen (secondary N) is 2. The standard InChI is InChI=1S/C25H27N3O3/c1-15-5-3-6-20-19(13-16(2)26-23(15)20)14-17-9-11-18(12-10-17)24(29)27-22-8-4-7-21(22)25(30)28-31/h3,5-6,9-13,21-22,31H,4,7-8,14H2,1-2H3,(H,27,29)(H,28,30).